The zero-order valence-corrected chi connectivity index (χ0v) is 15.6. The molecule has 0 radical (unpaired) electrons. The lowest BCUT2D eigenvalue weighted by Gasteiger charge is -2.28. The molecule has 6 heteroatoms. The second kappa shape index (κ2) is 8.90. The molecule has 0 fully saturated rings. The third-order valence-corrected chi connectivity index (χ3v) is 4.26. The Kier molecular flexibility index (Phi) is 6.11. The van der Waals surface area contributed by atoms with E-state index in [1.165, 1.54) is 6.08 Å². The van der Waals surface area contributed by atoms with Crippen LogP contribution in [-0.2, 0) is 16.1 Å². The first-order valence-corrected chi connectivity index (χ1v) is 8.91. The van der Waals surface area contributed by atoms with E-state index < -0.39 is 12.0 Å². The molecule has 1 aliphatic heterocycles. The highest BCUT2D eigenvalue weighted by Crippen LogP contribution is 2.29. The second-order valence-corrected chi connectivity index (χ2v) is 6.30. The van der Waals surface area contributed by atoms with Crippen LogP contribution in [0.15, 0.2) is 78.5 Å². The van der Waals surface area contributed by atoms with Gasteiger partial charge in [0.25, 0.3) is 0 Å². The van der Waals surface area contributed by atoms with Gasteiger partial charge in [-0.25, -0.2) is 9.59 Å². The van der Waals surface area contributed by atoms with Gasteiger partial charge in [-0.2, -0.15) is 0 Å². The van der Waals surface area contributed by atoms with Gasteiger partial charge in [0.2, 0.25) is 0 Å². The highest BCUT2D eigenvalue weighted by atomic mass is 16.5. The van der Waals surface area contributed by atoms with Gasteiger partial charge in [-0.3, -0.25) is 0 Å². The smallest absolute Gasteiger partial charge is 0.338 e. The Hall–Kier alpha value is -3.54. The lowest BCUT2D eigenvalue weighted by atomic mass is 9.95. The van der Waals surface area contributed by atoms with E-state index >= 15 is 0 Å². The van der Waals surface area contributed by atoms with Crippen molar-refractivity contribution >= 4 is 12.0 Å². The number of nitrogens with one attached hydrogen (secondary N) is 2. The maximum absolute atomic E-state index is 12.5. The van der Waals surface area contributed by atoms with Gasteiger partial charge >= 0.3 is 12.0 Å². The average molecular weight is 378 g/mol. The third-order valence-electron chi connectivity index (χ3n) is 4.26. The number of urea groups is 1. The number of hydrogen-bond donors (Lipinski definition) is 2. The molecule has 1 unspecified atom stereocenters. The van der Waals surface area contributed by atoms with E-state index in [4.69, 9.17) is 9.47 Å². The fourth-order valence-corrected chi connectivity index (χ4v) is 2.95. The Morgan fingerprint density at radius 1 is 1.18 bits per heavy atom. The molecule has 1 atom stereocenters. The highest BCUT2D eigenvalue weighted by Gasteiger charge is 2.32. The topological polar surface area (TPSA) is 76.7 Å². The van der Waals surface area contributed by atoms with Gasteiger partial charge < -0.3 is 20.1 Å². The summed E-state index contributed by atoms with van der Waals surface area (Å²) in [6.45, 7) is 5.74. The molecule has 6 nitrogen and oxygen atoms in total. The predicted molar refractivity (Wildman–Crippen MR) is 105 cm³/mol. The summed E-state index contributed by atoms with van der Waals surface area (Å²) in [6.07, 6.45) is 1.50. The molecule has 2 aromatic carbocycles. The van der Waals surface area contributed by atoms with Gasteiger partial charge in [-0.15, -0.1) is 0 Å². The number of esters is 1. The molecule has 0 saturated heterocycles. The molecule has 28 heavy (non-hydrogen) atoms. The molecular formula is C22H22N2O4. The van der Waals surface area contributed by atoms with Gasteiger partial charge in [0, 0.05) is 5.70 Å². The van der Waals surface area contributed by atoms with Crippen molar-refractivity contribution in [3.63, 3.8) is 0 Å². The monoisotopic (exact) mass is 378 g/mol. The lowest BCUT2D eigenvalue weighted by Crippen LogP contribution is -2.45. The molecular weight excluding hydrogens is 356 g/mol. The van der Waals surface area contributed by atoms with Crippen molar-refractivity contribution in [3.8, 4) is 5.75 Å². The average Bonchev–Trinajstić information content (AvgIpc) is 2.71. The van der Waals surface area contributed by atoms with E-state index in [0.29, 0.717) is 23.6 Å². The van der Waals surface area contributed by atoms with Crippen LogP contribution in [0.25, 0.3) is 0 Å². The van der Waals surface area contributed by atoms with Crippen molar-refractivity contribution < 1.29 is 19.1 Å². The molecule has 0 saturated carbocycles. The Balaban J connectivity index is 1.83. The zero-order chi connectivity index (χ0) is 19.9. The summed E-state index contributed by atoms with van der Waals surface area (Å²) >= 11 is 0. The van der Waals surface area contributed by atoms with Crippen molar-refractivity contribution in [2.45, 2.75) is 19.6 Å². The third kappa shape index (κ3) is 4.59. The summed E-state index contributed by atoms with van der Waals surface area (Å²) in [5.74, 6) is 0.135. The molecule has 0 spiro atoms. The van der Waals surface area contributed by atoms with Gasteiger partial charge in [0.15, 0.2) is 0 Å². The predicted octanol–water partition coefficient (Wildman–Crippen LogP) is 3.62. The van der Waals surface area contributed by atoms with Gasteiger partial charge in [-0.05, 0) is 30.2 Å². The number of hydrogen-bond acceptors (Lipinski definition) is 4. The molecule has 1 aliphatic rings. The molecule has 3 rings (SSSR count). The summed E-state index contributed by atoms with van der Waals surface area (Å²) in [7, 11) is 0. The number of amides is 2. The minimum Gasteiger partial charge on any atom is -0.489 e. The van der Waals surface area contributed by atoms with E-state index in [2.05, 4.69) is 17.2 Å². The van der Waals surface area contributed by atoms with Gasteiger partial charge in [0.05, 0.1) is 11.6 Å². The summed E-state index contributed by atoms with van der Waals surface area (Å²) in [4.78, 5) is 24.5. The van der Waals surface area contributed by atoms with Crippen LogP contribution in [0.5, 0.6) is 5.75 Å². The van der Waals surface area contributed by atoms with Crippen LogP contribution < -0.4 is 15.4 Å². The Morgan fingerprint density at radius 2 is 1.96 bits per heavy atom. The maximum Gasteiger partial charge on any atom is 0.338 e. The summed E-state index contributed by atoms with van der Waals surface area (Å²) in [6, 6.07) is 16.1. The highest BCUT2D eigenvalue weighted by molar-refractivity contribution is 5.95. The van der Waals surface area contributed by atoms with Gasteiger partial charge in [-0.1, -0.05) is 55.1 Å². The van der Waals surface area contributed by atoms with Crippen LogP contribution in [0, 0.1) is 0 Å². The van der Waals surface area contributed by atoms with Gasteiger partial charge in [0.1, 0.15) is 19.0 Å². The quantitative estimate of drug-likeness (QED) is 0.570. The first kappa shape index (κ1) is 19.2. The fourth-order valence-electron chi connectivity index (χ4n) is 2.95. The molecule has 0 aromatic heterocycles. The first-order chi connectivity index (χ1) is 13.6. The fraction of sp³-hybridized carbons (Fsp3) is 0.182. The molecule has 0 aliphatic carbocycles. The van der Waals surface area contributed by atoms with E-state index in [-0.39, 0.29) is 12.6 Å². The van der Waals surface area contributed by atoms with Crippen molar-refractivity contribution in [2.75, 3.05) is 6.61 Å². The largest absolute Gasteiger partial charge is 0.489 e. The van der Waals surface area contributed by atoms with Crippen LogP contribution in [0.4, 0.5) is 4.79 Å². The zero-order valence-electron chi connectivity index (χ0n) is 15.6. The van der Waals surface area contributed by atoms with Crippen molar-refractivity contribution in [2.24, 2.45) is 0 Å². The minimum absolute atomic E-state index is 0.0938. The summed E-state index contributed by atoms with van der Waals surface area (Å²) in [5.41, 5.74) is 2.58. The van der Waals surface area contributed by atoms with Crippen LogP contribution >= 0.6 is 0 Å². The first-order valence-electron chi connectivity index (χ1n) is 8.91. The molecule has 0 bridgehead atoms. The van der Waals surface area contributed by atoms with E-state index in [9.17, 15) is 9.59 Å². The van der Waals surface area contributed by atoms with Crippen LogP contribution in [-0.4, -0.2) is 18.6 Å². The summed E-state index contributed by atoms with van der Waals surface area (Å²) < 4.78 is 11.1. The van der Waals surface area contributed by atoms with Crippen molar-refractivity contribution in [3.05, 3.63) is 89.6 Å². The Labute approximate surface area is 163 Å². The number of carbonyl (C=O) groups is 2. The number of carbonyl (C=O) groups excluding carboxylic acids is 2. The van der Waals surface area contributed by atoms with E-state index in [1.807, 2.05) is 54.6 Å². The standard InChI is InChI=1S/C22H22N2O4/c1-3-12-27-21(25)19-15(2)23-22(26)24-20(19)17-10-7-11-18(13-17)28-14-16-8-5-4-6-9-16/h3-11,13,20H,1,12,14H2,2H3,(H2,23,24,26). The number of benzene rings is 2. The van der Waals surface area contributed by atoms with Crippen LogP contribution in [0.3, 0.4) is 0 Å². The summed E-state index contributed by atoms with van der Waals surface area (Å²) in [5, 5.41) is 5.40. The molecule has 2 N–H and O–H groups in total. The molecule has 144 valence electrons. The molecule has 2 amide bonds. The van der Waals surface area contributed by atoms with E-state index in [1.54, 1.807) is 6.92 Å². The SMILES string of the molecule is C=CCOC(=O)C1=C(C)NC(=O)NC1c1cccc(OCc2ccccc2)c1. The maximum atomic E-state index is 12.5. The molecule has 2 aromatic rings. The number of ether oxygens (including phenoxy) is 2. The van der Waals surface area contributed by atoms with Crippen molar-refractivity contribution in [1.29, 1.82) is 0 Å². The molecule has 1 heterocycles. The minimum atomic E-state index is -0.633. The second-order valence-electron chi connectivity index (χ2n) is 6.30. The van der Waals surface area contributed by atoms with Crippen LogP contribution in [0.2, 0.25) is 0 Å². The Morgan fingerprint density at radius 3 is 2.71 bits per heavy atom. The van der Waals surface area contributed by atoms with E-state index in [0.717, 1.165) is 11.1 Å². The van der Waals surface area contributed by atoms with Crippen LogP contribution in [0.1, 0.15) is 24.1 Å². The Bertz CT molecular complexity index is 906. The normalized spacial score (nSPS) is 16.0. The lowest BCUT2D eigenvalue weighted by molar-refractivity contribution is -0.138. The van der Waals surface area contributed by atoms with Crippen molar-refractivity contribution in [1.82, 2.24) is 10.6 Å². The number of rotatable bonds is 7. The number of allylic oxidation sites excluding steroid dienone is 1.